The second kappa shape index (κ2) is 9.23. The van der Waals surface area contributed by atoms with Gasteiger partial charge in [0.1, 0.15) is 5.75 Å². The SMILES string of the molecule is COc1ccc(CNC(=O)CCSc2nnc(-c3ccccc3)n2C)cc1. The molecule has 2 aromatic carbocycles. The van der Waals surface area contributed by atoms with Gasteiger partial charge in [0.15, 0.2) is 11.0 Å². The van der Waals surface area contributed by atoms with Crippen molar-refractivity contribution in [2.45, 2.75) is 18.1 Å². The summed E-state index contributed by atoms with van der Waals surface area (Å²) in [5.74, 6) is 2.29. The number of amides is 1. The van der Waals surface area contributed by atoms with Crippen molar-refractivity contribution in [1.29, 1.82) is 0 Å². The average molecular weight is 382 g/mol. The predicted molar refractivity (Wildman–Crippen MR) is 107 cm³/mol. The highest BCUT2D eigenvalue weighted by atomic mass is 32.2. The van der Waals surface area contributed by atoms with Crippen LogP contribution in [-0.4, -0.2) is 33.5 Å². The lowest BCUT2D eigenvalue weighted by Gasteiger charge is -2.07. The molecule has 0 spiro atoms. The van der Waals surface area contributed by atoms with Crippen LogP contribution in [0.5, 0.6) is 5.75 Å². The highest BCUT2D eigenvalue weighted by Gasteiger charge is 2.11. The number of carbonyl (C=O) groups excluding carboxylic acids is 1. The molecule has 6 nitrogen and oxygen atoms in total. The lowest BCUT2D eigenvalue weighted by Crippen LogP contribution is -2.23. The van der Waals surface area contributed by atoms with Gasteiger partial charge in [0, 0.05) is 31.3 Å². The van der Waals surface area contributed by atoms with Crippen molar-refractivity contribution in [1.82, 2.24) is 20.1 Å². The first-order chi connectivity index (χ1) is 13.2. The van der Waals surface area contributed by atoms with Crippen molar-refractivity contribution >= 4 is 17.7 Å². The molecule has 0 bridgehead atoms. The molecular formula is C20H22N4O2S. The summed E-state index contributed by atoms with van der Waals surface area (Å²) in [7, 11) is 3.57. The van der Waals surface area contributed by atoms with Crippen molar-refractivity contribution in [3.05, 3.63) is 60.2 Å². The molecule has 0 aliphatic rings. The molecule has 0 fully saturated rings. The Morgan fingerprint density at radius 3 is 2.56 bits per heavy atom. The number of nitrogens with one attached hydrogen (secondary N) is 1. The van der Waals surface area contributed by atoms with Gasteiger partial charge in [-0.15, -0.1) is 10.2 Å². The van der Waals surface area contributed by atoms with E-state index in [0.717, 1.165) is 27.9 Å². The topological polar surface area (TPSA) is 69.0 Å². The van der Waals surface area contributed by atoms with Crippen LogP contribution in [-0.2, 0) is 18.4 Å². The Morgan fingerprint density at radius 2 is 1.85 bits per heavy atom. The van der Waals surface area contributed by atoms with Crippen molar-refractivity contribution in [3.63, 3.8) is 0 Å². The van der Waals surface area contributed by atoms with Gasteiger partial charge >= 0.3 is 0 Å². The minimum absolute atomic E-state index is 0.0174. The Bertz CT molecular complexity index is 879. The molecule has 0 aliphatic heterocycles. The summed E-state index contributed by atoms with van der Waals surface area (Å²) in [6, 6.07) is 17.6. The number of methoxy groups -OCH3 is 1. The quantitative estimate of drug-likeness (QED) is 0.606. The molecule has 0 saturated heterocycles. The summed E-state index contributed by atoms with van der Waals surface area (Å²) in [4.78, 5) is 12.0. The average Bonchev–Trinajstić information content (AvgIpc) is 3.08. The second-order valence-corrected chi connectivity index (χ2v) is 7.02. The van der Waals surface area contributed by atoms with Crippen LogP contribution in [0.4, 0.5) is 0 Å². The minimum atomic E-state index is 0.0174. The number of rotatable bonds is 8. The molecule has 0 atom stereocenters. The van der Waals surface area contributed by atoms with Crippen LogP contribution in [0, 0.1) is 0 Å². The van der Waals surface area contributed by atoms with E-state index in [-0.39, 0.29) is 5.91 Å². The van der Waals surface area contributed by atoms with Crippen molar-refractivity contribution < 1.29 is 9.53 Å². The second-order valence-electron chi connectivity index (χ2n) is 5.95. The molecule has 0 saturated carbocycles. The van der Waals surface area contributed by atoms with Crippen LogP contribution < -0.4 is 10.1 Å². The van der Waals surface area contributed by atoms with E-state index < -0.39 is 0 Å². The zero-order valence-electron chi connectivity index (χ0n) is 15.4. The molecule has 3 rings (SSSR count). The van der Waals surface area contributed by atoms with Gasteiger partial charge in [-0.1, -0.05) is 54.2 Å². The highest BCUT2D eigenvalue weighted by Crippen LogP contribution is 2.22. The number of ether oxygens (including phenoxy) is 1. The number of carbonyl (C=O) groups is 1. The zero-order valence-corrected chi connectivity index (χ0v) is 16.2. The Kier molecular flexibility index (Phi) is 6.49. The van der Waals surface area contributed by atoms with Gasteiger partial charge < -0.3 is 14.6 Å². The first-order valence-electron chi connectivity index (χ1n) is 8.64. The molecule has 0 aliphatic carbocycles. The zero-order chi connectivity index (χ0) is 19.1. The van der Waals surface area contributed by atoms with E-state index in [4.69, 9.17) is 4.74 Å². The smallest absolute Gasteiger partial charge is 0.221 e. The van der Waals surface area contributed by atoms with E-state index in [1.807, 2.05) is 66.2 Å². The summed E-state index contributed by atoms with van der Waals surface area (Å²) in [5, 5.41) is 12.2. The molecule has 1 N–H and O–H groups in total. The van der Waals surface area contributed by atoms with Gasteiger partial charge in [0.2, 0.25) is 5.91 Å². The van der Waals surface area contributed by atoms with Gasteiger partial charge in [-0.05, 0) is 17.7 Å². The van der Waals surface area contributed by atoms with Gasteiger partial charge in [0.25, 0.3) is 0 Å². The monoisotopic (exact) mass is 382 g/mol. The van der Waals surface area contributed by atoms with E-state index in [1.165, 1.54) is 11.8 Å². The molecule has 1 amide bonds. The third-order valence-corrected chi connectivity index (χ3v) is 5.10. The molecule has 27 heavy (non-hydrogen) atoms. The van der Waals surface area contributed by atoms with E-state index >= 15 is 0 Å². The molecule has 1 aromatic heterocycles. The Balaban J connectivity index is 1.45. The summed E-state index contributed by atoms with van der Waals surface area (Å²) in [5.41, 5.74) is 2.06. The van der Waals surface area contributed by atoms with Crippen LogP contribution in [0.3, 0.4) is 0 Å². The lowest BCUT2D eigenvalue weighted by atomic mass is 10.2. The fourth-order valence-corrected chi connectivity index (χ4v) is 3.40. The fraction of sp³-hybridized carbons (Fsp3) is 0.250. The summed E-state index contributed by atoms with van der Waals surface area (Å²) < 4.78 is 7.08. The van der Waals surface area contributed by atoms with E-state index in [9.17, 15) is 4.79 Å². The van der Waals surface area contributed by atoms with Crippen LogP contribution in [0.15, 0.2) is 59.8 Å². The molecule has 0 radical (unpaired) electrons. The van der Waals surface area contributed by atoms with Crippen molar-refractivity contribution in [2.24, 2.45) is 7.05 Å². The predicted octanol–water partition coefficient (Wildman–Crippen LogP) is 3.29. The number of nitrogens with zero attached hydrogens (tertiary/aromatic N) is 3. The first kappa shape index (κ1) is 19.0. The maximum absolute atomic E-state index is 12.0. The minimum Gasteiger partial charge on any atom is -0.497 e. The molecule has 1 heterocycles. The number of thioether (sulfide) groups is 1. The first-order valence-corrected chi connectivity index (χ1v) is 9.63. The summed E-state index contributed by atoms with van der Waals surface area (Å²) in [6.07, 6.45) is 0.425. The number of aromatic nitrogens is 3. The molecule has 140 valence electrons. The van der Waals surface area contributed by atoms with Gasteiger partial charge in [0.05, 0.1) is 7.11 Å². The third-order valence-electron chi connectivity index (χ3n) is 4.08. The van der Waals surface area contributed by atoms with Crippen molar-refractivity contribution in [3.8, 4) is 17.1 Å². The third kappa shape index (κ3) is 5.10. The van der Waals surface area contributed by atoms with Gasteiger partial charge in [-0.3, -0.25) is 4.79 Å². The Labute approximate surface area is 163 Å². The van der Waals surface area contributed by atoms with Gasteiger partial charge in [-0.2, -0.15) is 0 Å². The van der Waals surface area contributed by atoms with Crippen molar-refractivity contribution in [2.75, 3.05) is 12.9 Å². The Hall–Kier alpha value is -2.80. The normalized spacial score (nSPS) is 10.6. The van der Waals surface area contributed by atoms with Crippen LogP contribution in [0.2, 0.25) is 0 Å². The van der Waals surface area contributed by atoms with E-state index in [2.05, 4.69) is 15.5 Å². The maximum atomic E-state index is 12.0. The van der Waals surface area contributed by atoms with Crippen LogP contribution in [0.1, 0.15) is 12.0 Å². The number of benzene rings is 2. The standard InChI is InChI=1S/C20H22N4O2S/c1-24-19(16-6-4-3-5-7-16)22-23-20(24)27-13-12-18(25)21-14-15-8-10-17(26-2)11-9-15/h3-11H,12-14H2,1-2H3,(H,21,25). The van der Waals surface area contributed by atoms with E-state index in [1.54, 1.807) is 7.11 Å². The van der Waals surface area contributed by atoms with Crippen LogP contribution in [0.25, 0.3) is 11.4 Å². The number of hydrogen-bond acceptors (Lipinski definition) is 5. The van der Waals surface area contributed by atoms with Gasteiger partial charge in [-0.25, -0.2) is 0 Å². The summed E-state index contributed by atoms with van der Waals surface area (Å²) in [6.45, 7) is 0.510. The Morgan fingerprint density at radius 1 is 1.11 bits per heavy atom. The van der Waals surface area contributed by atoms with E-state index in [0.29, 0.717) is 18.7 Å². The number of hydrogen-bond donors (Lipinski definition) is 1. The summed E-state index contributed by atoms with van der Waals surface area (Å²) >= 11 is 1.53. The largest absolute Gasteiger partial charge is 0.497 e. The van der Waals surface area contributed by atoms with Crippen LogP contribution >= 0.6 is 11.8 Å². The maximum Gasteiger partial charge on any atom is 0.221 e. The lowest BCUT2D eigenvalue weighted by molar-refractivity contribution is -0.120. The molecule has 3 aromatic rings. The fourth-order valence-electron chi connectivity index (χ4n) is 2.55. The molecular weight excluding hydrogens is 360 g/mol. The molecule has 0 unspecified atom stereocenters. The molecule has 7 heteroatoms. The highest BCUT2D eigenvalue weighted by molar-refractivity contribution is 7.99.